The molecule has 0 atom stereocenters. The molecule has 0 aliphatic carbocycles. The van der Waals surface area contributed by atoms with E-state index in [1.165, 1.54) is 0 Å². The molecule has 0 N–H and O–H groups in total. The Balaban J connectivity index is 0.00000144. The van der Waals surface area contributed by atoms with E-state index in [1.54, 1.807) is 12.1 Å². The van der Waals surface area contributed by atoms with Crippen LogP contribution in [0.2, 0.25) is 0 Å². The normalized spacial score (nSPS) is 7.69. The molecule has 0 fully saturated rings. The summed E-state index contributed by atoms with van der Waals surface area (Å²) in [5.74, 6) is 0. The van der Waals surface area contributed by atoms with Crippen LogP contribution in [0.3, 0.4) is 0 Å². The third kappa shape index (κ3) is 3.46. The topological polar surface area (TPSA) is 16.7 Å². The second kappa shape index (κ2) is 6.13. The summed E-state index contributed by atoms with van der Waals surface area (Å²) < 4.78 is 0. The van der Waals surface area contributed by atoms with Gasteiger partial charge in [-0.05, 0) is 17.9 Å². The van der Waals surface area contributed by atoms with E-state index in [2.05, 4.69) is 33.3 Å². The van der Waals surface area contributed by atoms with Gasteiger partial charge in [0.1, 0.15) is 6.57 Å². The third-order valence-corrected chi connectivity index (χ3v) is 1.48. The van der Waals surface area contributed by atoms with Crippen LogP contribution in [0.1, 0.15) is 5.56 Å². The number of nitrogens with zero attached hydrogens (tertiary/aromatic N) is 2. The van der Waals surface area contributed by atoms with Crippen LogP contribution in [-0.4, -0.2) is 5.16 Å². The molecule has 1 rings (SSSR count). The van der Waals surface area contributed by atoms with Crippen LogP contribution >= 0.6 is 12.2 Å². The van der Waals surface area contributed by atoms with Crippen molar-refractivity contribution in [3.8, 4) is 0 Å². The summed E-state index contributed by atoms with van der Waals surface area (Å²) in [4.78, 5) is 7.05. The Kier molecular flexibility index (Phi) is 5.94. The number of thiocarbonyl (C=S) groups is 1. The summed E-state index contributed by atoms with van der Waals surface area (Å²) >= 11 is 4.44. The van der Waals surface area contributed by atoms with E-state index in [4.69, 9.17) is 6.57 Å². The monoisotopic (exact) mass is 262 g/mol. The van der Waals surface area contributed by atoms with Gasteiger partial charge < -0.3 is 0 Å². The van der Waals surface area contributed by atoms with Gasteiger partial charge in [-0.3, -0.25) is 0 Å². The third-order valence-electron chi connectivity index (χ3n) is 1.39. The van der Waals surface area contributed by atoms with Crippen molar-refractivity contribution in [3.63, 3.8) is 0 Å². The number of benzene rings is 1. The smallest absolute Gasteiger partial charge is 0.210 e. The Morgan fingerprint density at radius 3 is 2.77 bits per heavy atom. The van der Waals surface area contributed by atoms with Crippen LogP contribution in [0.15, 0.2) is 17.1 Å². The largest absolute Gasteiger partial charge is 0.222 e. The fourth-order valence-corrected chi connectivity index (χ4v) is 0.915. The Hall–Kier alpha value is -0.386. The van der Waals surface area contributed by atoms with E-state index < -0.39 is 0 Å². The first kappa shape index (κ1) is 12.6. The quantitative estimate of drug-likeness (QED) is 0.431. The van der Waals surface area contributed by atoms with Gasteiger partial charge in [-0.25, -0.2) is 9.84 Å². The average Bonchev–Trinajstić information content (AvgIpc) is 2.05. The van der Waals surface area contributed by atoms with E-state index >= 15 is 0 Å². The Bertz CT molecular complexity index is 389. The first-order valence-electron chi connectivity index (χ1n) is 3.26. The van der Waals surface area contributed by atoms with Crippen molar-refractivity contribution in [3.05, 3.63) is 35.2 Å². The van der Waals surface area contributed by atoms with Gasteiger partial charge in [0.2, 0.25) is 5.69 Å². The zero-order valence-corrected chi connectivity index (χ0v) is 10.7. The second-order valence-corrected chi connectivity index (χ2v) is 2.35. The maximum atomic E-state index is 6.80. The van der Waals surface area contributed by atoms with Gasteiger partial charge in [-0.15, -0.1) is 12.1 Å². The van der Waals surface area contributed by atoms with Crippen LogP contribution in [0, 0.1) is 19.6 Å². The molecule has 13 heavy (non-hydrogen) atoms. The average molecular weight is 262 g/mol. The molecule has 0 spiro atoms. The predicted molar refractivity (Wildman–Crippen MR) is 51.0 cm³/mol. The zero-order valence-electron chi connectivity index (χ0n) is 7.03. The Morgan fingerprint density at radius 1 is 1.62 bits per heavy atom. The molecule has 1 aromatic carbocycles. The second-order valence-electron chi connectivity index (χ2n) is 2.17. The first-order chi connectivity index (χ1) is 5.77. The van der Waals surface area contributed by atoms with Crippen molar-refractivity contribution < 1.29 is 32.7 Å². The fourth-order valence-electron chi connectivity index (χ4n) is 0.816. The van der Waals surface area contributed by atoms with Crippen LogP contribution in [0.4, 0.5) is 11.4 Å². The van der Waals surface area contributed by atoms with Gasteiger partial charge in [0.15, 0.2) is 0 Å². The minimum absolute atomic E-state index is 0. The molecule has 0 amide bonds. The van der Waals surface area contributed by atoms with Gasteiger partial charge in [0.25, 0.3) is 0 Å². The minimum Gasteiger partial charge on any atom is -0.222 e. The number of hydrogen-bond acceptors (Lipinski definition) is 2. The van der Waals surface area contributed by atoms with Gasteiger partial charge >= 0.3 is 0 Å². The molecule has 0 aliphatic heterocycles. The van der Waals surface area contributed by atoms with Gasteiger partial charge in [-0.2, -0.15) is 0 Å². The van der Waals surface area contributed by atoms with Crippen molar-refractivity contribution in [2.24, 2.45) is 4.99 Å². The molecule has 0 saturated carbocycles. The summed E-state index contributed by atoms with van der Waals surface area (Å²) in [6, 6.07) is 6.31. The maximum Gasteiger partial charge on any atom is 0.210 e. The molecule has 1 aromatic rings. The summed E-state index contributed by atoms with van der Waals surface area (Å²) in [5.41, 5.74) is 2.00. The van der Waals surface area contributed by atoms with Crippen molar-refractivity contribution in [2.45, 2.75) is 6.92 Å². The van der Waals surface area contributed by atoms with Crippen molar-refractivity contribution >= 4 is 28.8 Å². The van der Waals surface area contributed by atoms with Crippen LogP contribution in [0.25, 0.3) is 4.85 Å². The molecular weight excluding hydrogens is 257 g/mol. The van der Waals surface area contributed by atoms with E-state index in [9.17, 15) is 0 Å². The molecule has 0 aromatic heterocycles. The van der Waals surface area contributed by atoms with Gasteiger partial charge in [0, 0.05) is 32.7 Å². The van der Waals surface area contributed by atoms with Crippen LogP contribution < -0.4 is 0 Å². The van der Waals surface area contributed by atoms with Crippen LogP contribution in [-0.2, 0) is 32.7 Å². The number of hydrogen-bond donors (Lipinski definition) is 0. The first-order valence-corrected chi connectivity index (χ1v) is 3.67. The molecule has 0 bridgehead atoms. The number of isothiocyanates is 1. The zero-order chi connectivity index (χ0) is 8.97. The molecule has 0 unspecified atom stereocenters. The maximum absolute atomic E-state index is 6.80. The van der Waals surface area contributed by atoms with Crippen molar-refractivity contribution in [1.29, 1.82) is 0 Å². The van der Waals surface area contributed by atoms with Gasteiger partial charge in [-0.1, -0.05) is 18.6 Å². The molecule has 1 radical (unpaired) electrons. The minimum atomic E-state index is 0. The summed E-state index contributed by atoms with van der Waals surface area (Å²) in [7, 11) is 0. The van der Waals surface area contributed by atoms with Crippen LogP contribution in [0.5, 0.6) is 0 Å². The molecule has 0 heterocycles. The standard InChI is InChI=1S/C9H5N2S.Y/c1-7-5-8(11-6-12)3-4-9(7)10-2;/h3-4H,1H3;/q-1;. The molecule has 61 valence electrons. The van der Waals surface area contributed by atoms with E-state index in [1.807, 2.05) is 6.92 Å². The van der Waals surface area contributed by atoms with E-state index in [0.717, 1.165) is 5.56 Å². The molecule has 4 heteroatoms. The summed E-state index contributed by atoms with van der Waals surface area (Å²) in [6.45, 7) is 8.61. The van der Waals surface area contributed by atoms with E-state index in [0.29, 0.717) is 11.4 Å². The Morgan fingerprint density at radius 2 is 2.31 bits per heavy atom. The summed E-state index contributed by atoms with van der Waals surface area (Å²) in [5, 5.41) is 2.25. The summed E-state index contributed by atoms with van der Waals surface area (Å²) in [6.07, 6.45) is 0. The predicted octanol–water partition coefficient (Wildman–Crippen LogP) is 3.08. The SMILES string of the molecule is [C-]#[N+]c1ccc(N=C=S)[c-]c1C.[Y]. The van der Waals surface area contributed by atoms with Crippen molar-refractivity contribution in [1.82, 2.24) is 0 Å². The fraction of sp³-hybridized carbons (Fsp3) is 0.111. The van der Waals surface area contributed by atoms with Gasteiger partial charge in [0.05, 0.1) is 5.16 Å². The number of aliphatic imine (C=N–C) groups is 1. The number of aryl methyl sites for hydroxylation is 1. The Labute approximate surface area is 108 Å². The number of rotatable bonds is 1. The molecular formula is C9H5N2SY-. The molecule has 2 nitrogen and oxygen atoms in total. The molecule has 0 aliphatic rings. The van der Waals surface area contributed by atoms with E-state index in [-0.39, 0.29) is 32.7 Å². The van der Waals surface area contributed by atoms with Crippen molar-refractivity contribution in [2.75, 3.05) is 0 Å². The molecule has 0 saturated heterocycles.